The van der Waals surface area contributed by atoms with E-state index < -0.39 is 0 Å². The molecule has 0 aliphatic carbocycles. The van der Waals surface area contributed by atoms with Crippen LogP contribution < -0.4 is 5.32 Å². The molecule has 0 saturated heterocycles. The quantitative estimate of drug-likeness (QED) is 0.780. The monoisotopic (exact) mass is 271 g/mol. The van der Waals surface area contributed by atoms with Crippen molar-refractivity contribution < 1.29 is 10.2 Å². The van der Waals surface area contributed by atoms with E-state index in [2.05, 4.69) is 36.5 Å². The molecule has 3 N–H and O–H groups in total. The number of hydrogen-bond acceptors (Lipinski definition) is 3. The fraction of sp³-hybridized carbons (Fsp3) is 0.294. The van der Waals surface area contributed by atoms with Gasteiger partial charge in [0.2, 0.25) is 0 Å². The first-order valence-electron chi connectivity index (χ1n) is 6.92. The average Bonchev–Trinajstić information content (AvgIpc) is 2.44. The van der Waals surface area contributed by atoms with E-state index in [4.69, 9.17) is 0 Å². The van der Waals surface area contributed by atoms with E-state index >= 15 is 0 Å². The zero-order chi connectivity index (χ0) is 14.5. The van der Waals surface area contributed by atoms with Crippen LogP contribution in [0.15, 0.2) is 42.5 Å². The van der Waals surface area contributed by atoms with Crippen molar-refractivity contribution in [2.24, 2.45) is 0 Å². The second-order valence-electron chi connectivity index (χ2n) is 5.06. The van der Waals surface area contributed by atoms with E-state index in [1.54, 1.807) is 12.1 Å². The maximum absolute atomic E-state index is 9.50. The summed E-state index contributed by atoms with van der Waals surface area (Å²) < 4.78 is 0. The summed E-state index contributed by atoms with van der Waals surface area (Å²) >= 11 is 0. The van der Waals surface area contributed by atoms with Gasteiger partial charge in [0, 0.05) is 18.7 Å². The van der Waals surface area contributed by atoms with E-state index in [1.807, 2.05) is 6.92 Å². The van der Waals surface area contributed by atoms with Crippen LogP contribution in [0.1, 0.15) is 36.6 Å². The Morgan fingerprint density at radius 3 is 2.05 bits per heavy atom. The summed E-state index contributed by atoms with van der Waals surface area (Å²) in [5, 5.41) is 22.4. The second-order valence-corrected chi connectivity index (χ2v) is 5.06. The van der Waals surface area contributed by atoms with Gasteiger partial charge in [-0.25, -0.2) is 0 Å². The van der Waals surface area contributed by atoms with Gasteiger partial charge in [0.25, 0.3) is 0 Å². The molecule has 3 heteroatoms. The van der Waals surface area contributed by atoms with Crippen LogP contribution in [-0.2, 0) is 13.0 Å². The molecule has 0 aliphatic heterocycles. The van der Waals surface area contributed by atoms with E-state index in [0.717, 1.165) is 18.5 Å². The Balaban J connectivity index is 1.98. The first-order chi connectivity index (χ1) is 9.58. The van der Waals surface area contributed by atoms with E-state index in [0.29, 0.717) is 0 Å². The maximum Gasteiger partial charge on any atom is 0.119 e. The van der Waals surface area contributed by atoms with Crippen molar-refractivity contribution in [2.75, 3.05) is 0 Å². The lowest BCUT2D eigenvalue weighted by Gasteiger charge is -2.15. The molecule has 2 aromatic rings. The average molecular weight is 271 g/mol. The molecule has 106 valence electrons. The second kappa shape index (κ2) is 6.44. The molecule has 0 heterocycles. The Hall–Kier alpha value is -2.00. The number of aromatic hydroxyl groups is 2. The fourth-order valence-corrected chi connectivity index (χ4v) is 2.15. The minimum Gasteiger partial charge on any atom is -0.508 e. The summed E-state index contributed by atoms with van der Waals surface area (Å²) in [5.41, 5.74) is 3.42. The molecule has 2 aromatic carbocycles. The number of nitrogens with one attached hydrogen (secondary N) is 1. The van der Waals surface area contributed by atoms with Crippen molar-refractivity contribution in [3.63, 3.8) is 0 Å². The molecule has 0 aromatic heterocycles. The number of aryl methyl sites for hydroxylation is 1. The molecule has 0 radical (unpaired) electrons. The molecule has 0 amide bonds. The van der Waals surface area contributed by atoms with Gasteiger partial charge in [-0.15, -0.1) is 0 Å². The molecule has 1 atom stereocenters. The van der Waals surface area contributed by atoms with E-state index in [1.165, 1.54) is 17.2 Å². The number of rotatable bonds is 5. The van der Waals surface area contributed by atoms with Gasteiger partial charge < -0.3 is 15.5 Å². The zero-order valence-corrected chi connectivity index (χ0v) is 11.9. The van der Waals surface area contributed by atoms with Crippen molar-refractivity contribution in [3.05, 3.63) is 59.2 Å². The van der Waals surface area contributed by atoms with Gasteiger partial charge in [0.15, 0.2) is 0 Å². The lowest BCUT2D eigenvalue weighted by atomic mass is 10.1. The third-order valence-corrected chi connectivity index (χ3v) is 3.47. The summed E-state index contributed by atoms with van der Waals surface area (Å²) in [5.74, 6) is 0.168. The van der Waals surface area contributed by atoms with Crippen LogP contribution in [-0.4, -0.2) is 10.2 Å². The third-order valence-electron chi connectivity index (χ3n) is 3.47. The van der Waals surface area contributed by atoms with E-state index in [-0.39, 0.29) is 17.5 Å². The minimum atomic E-state index is 0.0545. The Morgan fingerprint density at radius 2 is 1.50 bits per heavy atom. The molecule has 3 nitrogen and oxygen atoms in total. The molecular formula is C17H21NO2. The normalized spacial score (nSPS) is 12.3. The first-order valence-corrected chi connectivity index (χ1v) is 6.92. The molecule has 0 fully saturated rings. The van der Waals surface area contributed by atoms with Gasteiger partial charge in [0.1, 0.15) is 11.5 Å². The predicted molar refractivity (Wildman–Crippen MR) is 80.8 cm³/mol. The van der Waals surface area contributed by atoms with Gasteiger partial charge in [-0.2, -0.15) is 0 Å². The lowest BCUT2D eigenvalue weighted by Crippen LogP contribution is -2.18. The van der Waals surface area contributed by atoms with Crippen molar-refractivity contribution in [3.8, 4) is 11.5 Å². The number of phenols is 2. The van der Waals surface area contributed by atoms with Crippen LogP contribution >= 0.6 is 0 Å². The smallest absolute Gasteiger partial charge is 0.119 e. The highest BCUT2D eigenvalue weighted by Crippen LogP contribution is 2.24. The number of phenolic OH excluding ortho intramolecular Hbond substituents is 2. The van der Waals surface area contributed by atoms with Crippen LogP contribution in [0.25, 0.3) is 0 Å². The van der Waals surface area contributed by atoms with Crippen LogP contribution in [0.5, 0.6) is 11.5 Å². The Labute approximate surface area is 119 Å². The maximum atomic E-state index is 9.50. The first kappa shape index (κ1) is 14.4. The highest BCUT2D eigenvalue weighted by Gasteiger charge is 2.07. The predicted octanol–water partition coefficient (Wildman–Crippen LogP) is 3.51. The molecule has 0 spiro atoms. The number of hydrogen-bond donors (Lipinski definition) is 3. The van der Waals surface area contributed by atoms with E-state index in [9.17, 15) is 10.2 Å². The molecule has 1 unspecified atom stereocenters. The molecular weight excluding hydrogens is 250 g/mol. The lowest BCUT2D eigenvalue weighted by molar-refractivity contribution is 0.446. The Morgan fingerprint density at radius 1 is 0.950 bits per heavy atom. The van der Waals surface area contributed by atoms with Crippen LogP contribution in [0.2, 0.25) is 0 Å². The minimum absolute atomic E-state index is 0.0545. The van der Waals surface area contributed by atoms with Gasteiger partial charge in [0.05, 0.1) is 0 Å². The van der Waals surface area contributed by atoms with Crippen LogP contribution in [0, 0.1) is 0 Å². The fourth-order valence-electron chi connectivity index (χ4n) is 2.15. The third kappa shape index (κ3) is 3.75. The topological polar surface area (TPSA) is 52.5 Å². The standard InChI is InChI=1S/C17H21NO2/c1-3-13-4-6-14(7-5-13)11-18-12(2)15-8-16(19)10-17(20)9-15/h4-10,12,18-20H,3,11H2,1-2H3. The van der Waals surface area contributed by atoms with Crippen LogP contribution in [0.3, 0.4) is 0 Å². The Kier molecular flexibility index (Phi) is 4.64. The van der Waals surface area contributed by atoms with Crippen molar-refractivity contribution in [2.45, 2.75) is 32.9 Å². The largest absolute Gasteiger partial charge is 0.508 e. The van der Waals surface area contributed by atoms with Gasteiger partial charge >= 0.3 is 0 Å². The molecule has 0 aliphatic rings. The summed E-state index contributed by atoms with van der Waals surface area (Å²) in [6.45, 7) is 4.90. The Bertz CT molecular complexity index is 543. The van der Waals surface area contributed by atoms with Crippen molar-refractivity contribution in [1.82, 2.24) is 5.32 Å². The van der Waals surface area contributed by atoms with Gasteiger partial charge in [-0.1, -0.05) is 31.2 Å². The highest BCUT2D eigenvalue weighted by molar-refractivity contribution is 5.38. The summed E-state index contributed by atoms with van der Waals surface area (Å²) in [4.78, 5) is 0. The summed E-state index contributed by atoms with van der Waals surface area (Å²) in [6, 6.07) is 13.2. The molecule has 0 saturated carbocycles. The van der Waals surface area contributed by atoms with Crippen LogP contribution in [0.4, 0.5) is 0 Å². The summed E-state index contributed by atoms with van der Waals surface area (Å²) in [6.07, 6.45) is 1.05. The number of benzene rings is 2. The van der Waals surface area contributed by atoms with Crippen molar-refractivity contribution >= 4 is 0 Å². The summed E-state index contributed by atoms with van der Waals surface area (Å²) in [7, 11) is 0. The van der Waals surface area contributed by atoms with Crippen molar-refractivity contribution in [1.29, 1.82) is 0 Å². The van der Waals surface area contributed by atoms with Gasteiger partial charge in [-0.3, -0.25) is 0 Å². The SMILES string of the molecule is CCc1ccc(CNC(C)c2cc(O)cc(O)c2)cc1. The molecule has 20 heavy (non-hydrogen) atoms. The van der Waals surface area contributed by atoms with Gasteiger partial charge in [-0.05, 0) is 42.2 Å². The molecule has 2 rings (SSSR count). The molecule has 0 bridgehead atoms. The zero-order valence-electron chi connectivity index (χ0n) is 11.9. The highest BCUT2D eigenvalue weighted by atomic mass is 16.3.